The van der Waals surface area contributed by atoms with Crippen LogP contribution in [0.1, 0.15) is 20.9 Å². The van der Waals surface area contributed by atoms with Crippen LogP contribution < -0.4 is 5.32 Å². The van der Waals surface area contributed by atoms with Gasteiger partial charge < -0.3 is 14.8 Å². The van der Waals surface area contributed by atoms with Gasteiger partial charge in [0.1, 0.15) is 5.82 Å². The predicted octanol–water partition coefficient (Wildman–Crippen LogP) is 1.63. The number of aromatic nitrogens is 1. The van der Waals surface area contributed by atoms with Crippen molar-refractivity contribution in [3.63, 3.8) is 0 Å². The van der Waals surface area contributed by atoms with Crippen LogP contribution in [-0.4, -0.2) is 22.0 Å². The summed E-state index contributed by atoms with van der Waals surface area (Å²) in [6.45, 7) is 0. The molecular weight excluding hydrogens is 224 g/mol. The second kappa shape index (κ2) is 4.48. The zero-order chi connectivity index (χ0) is 12.3. The second-order valence-electron chi connectivity index (χ2n) is 3.17. The average molecular weight is 232 g/mol. The number of hydrogen-bond acceptors (Lipinski definition) is 4. The molecule has 0 fully saturated rings. The van der Waals surface area contributed by atoms with E-state index in [0.29, 0.717) is 0 Å². The Hall–Kier alpha value is -2.63. The number of carbonyl (C=O) groups excluding carboxylic acids is 1. The first-order valence-corrected chi connectivity index (χ1v) is 4.71. The molecule has 86 valence electrons. The molecule has 0 bridgehead atoms. The zero-order valence-electron chi connectivity index (χ0n) is 8.58. The molecule has 2 aromatic rings. The zero-order valence-corrected chi connectivity index (χ0v) is 8.58. The fourth-order valence-corrected chi connectivity index (χ4v) is 1.18. The number of carbonyl (C=O) groups is 2. The van der Waals surface area contributed by atoms with Crippen LogP contribution in [0.3, 0.4) is 0 Å². The summed E-state index contributed by atoms with van der Waals surface area (Å²) < 4.78 is 4.90. The minimum absolute atomic E-state index is 0.0565. The first-order valence-electron chi connectivity index (χ1n) is 4.71. The first kappa shape index (κ1) is 10.9. The summed E-state index contributed by atoms with van der Waals surface area (Å²) in [5.41, 5.74) is 0.0565. The highest BCUT2D eigenvalue weighted by molar-refractivity contribution is 6.01. The molecule has 0 unspecified atom stereocenters. The van der Waals surface area contributed by atoms with Crippen molar-refractivity contribution >= 4 is 17.7 Å². The highest BCUT2D eigenvalue weighted by atomic mass is 16.4. The Morgan fingerprint density at radius 2 is 2.12 bits per heavy atom. The molecule has 1 amide bonds. The van der Waals surface area contributed by atoms with E-state index in [-0.39, 0.29) is 17.1 Å². The SMILES string of the molecule is O=C(O)c1ccc(NC(=O)c2ccco2)nc1. The number of amides is 1. The van der Waals surface area contributed by atoms with E-state index in [1.54, 1.807) is 6.07 Å². The fourth-order valence-electron chi connectivity index (χ4n) is 1.18. The Morgan fingerprint density at radius 1 is 1.29 bits per heavy atom. The summed E-state index contributed by atoms with van der Waals surface area (Å²) >= 11 is 0. The topological polar surface area (TPSA) is 92.4 Å². The molecule has 6 nitrogen and oxygen atoms in total. The molecule has 2 rings (SSSR count). The van der Waals surface area contributed by atoms with Crippen molar-refractivity contribution in [1.82, 2.24) is 4.98 Å². The normalized spacial score (nSPS) is 9.88. The number of carboxylic acids is 1. The van der Waals surface area contributed by atoms with Gasteiger partial charge in [-0.25, -0.2) is 9.78 Å². The molecule has 2 N–H and O–H groups in total. The maximum atomic E-state index is 11.5. The molecule has 0 atom stereocenters. The number of carboxylic acid groups (broad SMARTS) is 1. The number of pyridine rings is 1. The number of hydrogen-bond donors (Lipinski definition) is 2. The minimum atomic E-state index is -1.07. The summed E-state index contributed by atoms with van der Waals surface area (Å²) in [5, 5.41) is 11.1. The number of furan rings is 1. The molecular formula is C11H8N2O4. The number of nitrogens with one attached hydrogen (secondary N) is 1. The third-order valence-corrected chi connectivity index (χ3v) is 2.00. The van der Waals surface area contributed by atoms with Crippen molar-refractivity contribution in [2.24, 2.45) is 0 Å². The van der Waals surface area contributed by atoms with Crippen molar-refractivity contribution in [2.45, 2.75) is 0 Å². The van der Waals surface area contributed by atoms with Gasteiger partial charge in [-0.05, 0) is 24.3 Å². The molecule has 0 aromatic carbocycles. The summed E-state index contributed by atoms with van der Waals surface area (Å²) in [6, 6.07) is 5.87. The van der Waals surface area contributed by atoms with E-state index in [0.717, 1.165) is 0 Å². The summed E-state index contributed by atoms with van der Waals surface area (Å²) in [6.07, 6.45) is 2.55. The van der Waals surface area contributed by atoms with Gasteiger partial charge in [-0.1, -0.05) is 0 Å². The largest absolute Gasteiger partial charge is 0.478 e. The molecule has 0 spiro atoms. The van der Waals surface area contributed by atoms with Crippen LogP contribution >= 0.6 is 0 Å². The Bertz CT molecular complexity index is 531. The maximum Gasteiger partial charge on any atom is 0.337 e. The van der Waals surface area contributed by atoms with Gasteiger partial charge in [-0.3, -0.25) is 4.79 Å². The van der Waals surface area contributed by atoms with E-state index in [4.69, 9.17) is 9.52 Å². The molecule has 0 aliphatic carbocycles. The van der Waals surface area contributed by atoms with Crippen molar-refractivity contribution in [2.75, 3.05) is 5.32 Å². The lowest BCUT2D eigenvalue weighted by Gasteiger charge is -2.01. The van der Waals surface area contributed by atoms with Crippen molar-refractivity contribution in [1.29, 1.82) is 0 Å². The average Bonchev–Trinajstić information content (AvgIpc) is 2.83. The van der Waals surface area contributed by atoms with E-state index < -0.39 is 11.9 Å². The molecule has 2 aromatic heterocycles. The fraction of sp³-hybridized carbons (Fsp3) is 0. The molecule has 0 radical (unpaired) electrons. The summed E-state index contributed by atoms with van der Waals surface area (Å²) in [5.74, 6) is -1.09. The van der Waals surface area contributed by atoms with Gasteiger partial charge in [0.25, 0.3) is 5.91 Å². The highest BCUT2D eigenvalue weighted by Gasteiger charge is 2.09. The van der Waals surface area contributed by atoms with E-state index in [2.05, 4.69) is 10.3 Å². The third-order valence-electron chi connectivity index (χ3n) is 2.00. The third kappa shape index (κ3) is 2.49. The van der Waals surface area contributed by atoms with E-state index in [9.17, 15) is 9.59 Å². The maximum absolute atomic E-state index is 11.5. The van der Waals surface area contributed by atoms with Crippen molar-refractivity contribution < 1.29 is 19.1 Å². The van der Waals surface area contributed by atoms with Gasteiger partial charge in [0.05, 0.1) is 11.8 Å². The van der Waals surface area contributed by atoms with Crippen LogP contribution in [0.5, 0.6) is 0 Å². The van der Waals surface area contributed by atoms with Gasteiger partial charge >= 0.3 is 5.97 Å². The Morgan fingerprint density at radius 3 is 2.65 bits per heavy atom. The lowest BCUT2D eigenvalue weighted by molar-refractivity contribution is 0.0696. The lowest BCUT2D eigenvalue weighted by atomic mass is 10.3. The van der Waals surface area contributed by atoms with E-state index in [1.165, 1.54) is 30.7 Å². The van der Waals surface area contributed by atoms with Crippen molar-refractivity contribution in [3.8, 4) is 0 Å². The van der Waals surface area contributed by atoms with Gasteiger partial charge in [-0.15, -0.1) is 0 Å². The molecule has 0 saturated carbocycles. The number of rotatable bonds is 3. The smallest absolute Gasteiger partial charge is 0.337 e. The number of aromatic carboxylic acids is 1. The number of nitrogens with zero attached hydrogens (tertiary/aromatic N) is 1. The molecule has 0 aliphatic rings. The van der Waals surface area contributed by atoms with Crippen molar-refractivity contribution in [3.05, 3.63) is 48.0 Å². The van der Waals surface area contributed by atoms with Crippen LogP contribution in [-0.2, 0) is 0 Å². The van der Waals surface area contributed by atoms with Crippen LogP contribution in [0.15, 0.2) is 41.1 Å². The Labute approximate surface area is 95.9 Å². The van der Waals surface area contributed by atoms with Crippen LogP contribution in [0, 0.1) is 0 Å². The standard InChI is InChI=1S/C11H8N2O4/c14-10(8-2-1-5-17-8)13-9-4-3-7(6-12-9)11(15)16/h1-6H,(H,15,16)(H,12,13,14). The minimum Gasteiger partial charge on any atom is -0.478 e. The van der Waals surface area contributed by atoms with Gasteiger partial charge in [0.15, 0.2) is 5.76 Å². The Kier molecular flexibility index (Phi) is 2.87. The molecule has 17 heavy (non-hydrogen) atoms. The molecule has 0 saturated heterocycles. The summed E-state index contributed by atoms with van der Waals surface area (Å²) in [7, 11) is 0. The first-order chi connectivity index (χ1) is 8.16. The van der Waals surface area contributed by atoms with Crippen LogP contribution in [0.4, 0.5) is 5.82 Å². The summed E-state index contributed by atoms with van der Waals surface area (Å²) in [4.78, 5) is 25.9. The Balaban J connectivity index is 2.09. The van der Waals surface area contributed by atoms with Crippen LogP contribution in [0.25, 0.3) is 0 Å². The molecule has 2 heterocycles. The monoisotopic (exact) mass is 232 g/mol. The van der Waals surface area contributed by atoms with Gasteiger partial charge in [-0.2, -0.15) is 0 Å². The van der Waals surface area contributed by atoms with E-state index in [1.807, 2.05) is 0 Å². The highest BCUT2D eigenvalue weighted by Crippen LogP contribution is 2.08. The van der Waals surface area contributed by atoms with Crippen LogP contribution in [0.2, 0.25) is 0 Å². The second-order valence-corrected chi connectivity index (χ2v) is 3.17. The van der Waals surface area contributed by atoms with Gasteiger partial charge in [0, 0.05) is 6.20 Å². The molecule has 6 heteroatoms. The lowest BCUT2D eigenvalue weighted by Crippen LogP contribution is -2.12. The van der Waals surface area contributed by atoms with Gasteiger partial charge in [0.2, 0.25) is 0 Å². The predicted molar refractivity (Wildman–Crippen MR) is 57.9 cm³/mol. The molecule has 0 aliphatic heterocycles. The quantitative estimate of drug-likeness (QED) is 0.838. The number of anilines is 1. The van der Waals surface area contributed by atoms with E-state index >= 15 is 0 Å².